The highest BCUT2D eigenvalue weighted by atomic mass is 35.5. The number of hydrogen-bond acceptors (Lipinski definition) is 3. The normalized spacial score (nSPS) is 11.0. The maximum Gasteiger partial charge on any atom is 0.336 e. The highest BCUT2D eigenvalue weighted by Gasteiger charge is 2.14. The second-order valence-corrected chi connectivity index (χ2v) is 7.49. The Balaban J connectivity index is 1.64. The van der Waals surface area contributed by atoms with E-state index in [1.807, 2.05) is 4.57 Å². The van der Waals surface area contributed by atoms with Gasteiger partial charge < -0.3 is 14.4 Å². The predicted octanol–water partition coefficient (Wildman–Crippen LogP) is 5.81. The van der Waals surface area contributed by atoms with E-state index in [4.69, 9.17) is 27.9 Å². The van der Waals surface area contributed by atoms with E-state index < -0.39 is 11.8 Å². The lowest BCUT2D eigenvalue weighted by Crippen LogP contribution is -2.05. The highest BCUT2D eigenvalue weighted by molar-refractivity contribution is 6.30. The van der Waals surface area contributed by atoms with E-state index in [9.17, 15) is 14.3 Å². The van der Waals surface area contributed by atoms with Gasteiger partial charge in [-0.3, -0.25) is 0 Å². The van der Waals surface area contributed by atoms with Gasteiger partial charge in [0.15, 0.2) is 0 Å². The molecule has 2 aromatic carbocycles. The van der Waals surface area contributed by atoms with Crippen molar-refractivity contribution in [3.05, 3.63) is 93.5 Å². The minimum atomic E-state index is -1.02. The molecule has 0 aliphatic carbocycles. The molecule has 0 spiro atoms. The van der Waals surface area contributed by atoms with Gasteiger partial charge in [0, 0.05) is 39.0 Å². The van der Waals surface area contributed by atoms with Crippen LogP contribution in [0.5, 0.6) is 5.75 Å². The number of rotatable bonds is 6. The number of ether oxygens (including phenoxy) is 1. The molecule has 0 atom stereocenters. The zero-order valence-electron chi connectivity index (χ0n) is 15.5. The van der Waals surface area contributed by atoms with Gasteiger partial charge in [-0.05, 0) is 42.5 Å². The number of aromatic nitrogens is 2. The third-order valence-electron chi connectivity index (χ3n) is 4.65. The lowest BCUT2D eigenvalue weighted by molar-refractivity contribution is 0.0699. The number of carboxylic acids is 1. The summed E-state index contributed by atoms with van der Waals surface area (Å²) in [6.45, 7) is 0.365. The van der Waals surface area contributed by atoms with E-state index in [1.54, 1.807) is 42.6 Å². The molecular weight excluding hydrogens is 430 g/mol. The second kappa shape index (κ2) is 8.34. The molecule has 1 N–H and O–H groups in total. The fourth-order valence-corrected chi connectivity index (χ4v) is 3.55. The zero-order valence-corrected chi connectivity index (χ0v) is 17.0. The molecule has 8 heteroatoms. The molecule has 4 aromatic rings. The molecule has 0 aliphatic rings. The Kier molecular flexibility index (Phi) is 5.61. The van der Waals surface area contributed by atoms with Gasteiger partial charge in [0.2, 0.25) is 0 Å². The monoisotopic (exact) mass is 444 g/mol. The molecule has 0 radical (unpaired) electrons. The molecule has 0 saturated heterocycles. The minimum absolute atomic E-state index is 0.0193. The topological polar surface area (TPSA) is 64.3 Å². The summed E-state index contributed by atoms with van der Waals surface area (Å²) >= 11 is 12.0. The summed E-state index contributed by atoms with van der Waals surface area (Å²) in [4.78, 5) is 15.7. The van der Waals surface area contributed by atoms with E-state index in [0.717, 1.165) is 5.56 Å². The molecule has 5 nitrogen and oxygen atoms in total. The molecular formula is C22H15Cl2FN2O3. The number of benzene rings is 2. The van der Waals surface area contributed by atoms with Crippen LogP contribution in [0.15, 0.2) is 60.9 Å². The summed E-state index contributed by atoms with van der Waals surface area (Å²) < 4.78 is 21.7. The summed E-state index contributed by atoms with van der Waals surface area (Å²) in [5.41, 5.74) is 1.83. The van der Waals surface area contributed by atoms with Gasteiger partial charge in [0.25, 0.3) is 0 Å². The van der Waals surface area contributed by atoms with Crippen molar-refractivity contribution in [2.24, 2.45) is 0 Å². The van der Waals surface area contributed by atoms with E-state index >= 15 is 0 Å². The Bertz CT molecular complexity index is 1260. The summed E-state index contributed by atoms with van der Waals surface area (Å²) in [7, 11) is 0. The Morgan fingerprint density at radius 2 is 1.83 bits per heavy atom. The van der Waals surface area contributed by atoms with E-state index in [2.05, 4.69) is 4.98 Å². The molecule has 30 heavy (non-hydrogen) atoms. The molecule has 4 rings (SSSR count). The average molecular weight is 445 g/mol. The van der Waals surface area contributed by atoms with Crippen LogP contribution in [-0.2, 0) is 13.2 Å². The molecule has 2 aromatic heterocycles. The third-order valence-corrected chi connectivity index (χ3v) is 5.12. The van der Waals surface area contributed by atoms with Crippen LogP contribution in [0.3, 0.4) is 0 Å². The summed E-state index contributed by atoms with van der Waals surface area (Å²) in [6.07, 6.45) is 3.22. The number of nitrogens with zero attached hydrogens (tertiary/aromatic N) is 2. The zero-order chi connectivity index (χ0) is 21.3. The fourth-order valence-electron chi connectivity index (χ4n) is 3.19. The van der Waals surface area contributed by atoms with Crippen LogP contribution in [0.2, 0.25) is 10.0 Å². The van der Waals surface area contributed by atoms with Crippen molar-refractivity contribution in [2.75, 3.05) is 0 Å². The maximum absolute atomic E-state index is 14.1. The first-order valence-electron chi connectivity index (χ1n) is 8.94. The maximum atomic E-state index is 14.1. The number of pyridine rings is 1. The Hall–Kier alpha value is -3.09. The van der Waals surface area contributed by atoms with Crippen LogP contribution in [0.4, 0.5) is 4.39 Å². The Labute approximate surface area is 181 Å². The first-order chi connectivity index (χ1) is 14.4. The molecule has 0 amide bonds. The number of hydrogen-bond donors (Lipinski definition) is 1. The number of carboxylic acid groups (broad SMARTS) is 1. The van der Waals surface area contributed by atoms with Crippen LogP contribution in [0.1, 0.15) is 21.5 Å². The molecule has 0 aliphatic heterocycles. The minimum Gasteiger partial charge on any atom is -0.488 e. The second-order valence-electron chi connectivity index (χ2n) is 6.62. The Morgan fingerprint density at radius 1 is 1.07 bits per heavy atom. The fraction of sp³-hybridized carbons (Fsp3) is 0.0909. The van der Waals surface area contributed by atoms with Gasteiger partial charge in [-0.2, -0.15) is 0 Å². The van der Waals surface area contributed by atoms with Crippen molar-refractivity contribution in [3.8, 4) is 5.75 Å². The van der Waals surface area contributed by atoms with Gasteiger partial charge in [-0.1, -0.05) is 29.3 Å². The third kappa shape index (κ3) is 4.10. The molecule has 0 fully saturated rings. The van der Waals surface area contributed by atoms with Crippen LogP contribution in [-0.4, -0.2) is 20.6 Å². The van der Waals surface area contributed by atoms with Crippen LogP contribution in [0, 0.1) is 5.82 Å². The molecule has 2 heterocycles. The highest BCUT2D eigenvalue weighted by Crippen LogP contribution is 2.27. The van der Waals surface area contributed by atoms with Crippen LogP contribution < -0.4 is 4.74 Å². The van der Waals surface area contributed by atoms with Crippen molar-refractivity contribution in [3.63, 3.8) is 0 Å². The van der Waals surface area contributed by atoms with Crippen molar-refractivity contribution < 1.29 is 19.0 Å². The van der Waals surface area contributed by atoms with E-state index in [-0.39, 0.29) is 12.2 Å². The van der Waals surface area contributed by atoms with Crippen molar-refractivity contribution in [1.29, 1.82) is 0 Å². The molecule has 0 bridgehead atoms. The summed E-state index contributed by atoms with van der Waals surface area (Å²) in [6, 6.07) is 12.7. The average Bonchev–Trinajstić information content (AvgIpc) is 3.11. The first-order valence-corrected chi connectivity index (χ1v) is 9.70. The van der Waals surface area contributed by atoms with Gasteiger partial charge in [-0.25, -0.2) is 14.2 Å². The van der Waals surface area contributed by atoms with E-state index in [0.29, 0.717) is 38.9 Å². The van der Waals surface area contributed by atoms with Gasteiger partial charge in [0.05, 0.1) is 12.1 Å². The van der Waals surface area contributed by atoms with Crippen molar-refractivity contribution in [2.45, 2.75) is 13.2 Å². The smallest absolute Gasteiger partial charge is 0.336 e. The van der Waals surface area contributed by atoms with E-state index in [1.165, 1.54) is 18.3 Å². The van der Waals surface area contributed by atoms with Crippen molar-refractivity contribution in [1.82, 2.24) is 9.55 Å². The number of carbonyl (C=O) groups is 1. The summed E-state index contributed by atoms with van der Waals surface area (Å²) in [5, 5.41) is 10.7. The molecule has 0 unspecified atom stereocenters. The lowest BCUT2D eigenvalue weighted by atomic mass is 10.2. The van der Waals surface area contributed by atoms with Gasteiger partial charge >= 0.3 is 5.97 Å². The van der Waals surface area contributed by atoms with Crippen molar-refractivity contribution >= 4 is 40.2 Å². The van der Waals surface area contributed by atoms with Crippen LogP contribution in [0.25, 0.3) is 11.0 Å². The van der Waals surface area contributed by atoms with Crippen LogP contribution >= 0.6 is 23.2 Å². The van der Waals surface area contributed by atoms with Gasteiger partial charge in [0.1, 0.15) is 23.8 Å². The SMILES string of the molecule is O=C(O)c1ccnc2c1ccn2Cc1cc(Cl)ccc1OCc1ccc(Cl)cc1F. The number of halogens is 3. The number of fused-ring (bicyclic) bond motifs is 1. The predicted molar refractivity (Wildman–Crippen MR) is 113 cm³/mol. The summed E-state index contributed by atoms with van der Waals surface area (Å²) in [5.74, 6) is -0.929. The first kappa shape index (κ1) is 20.2. The standard InChI is InChI=1S/C22H15Cl2FN2O3/c23-15-3-4-20(30-12-13-1-2-16(24)10-19(13)25)14(9-15)11-27-8-6-17-18(22(28)29)5-7-26-21(17)27/h1-10H,11-12H2,(H,28,29). The Morgan fingerprint density at radius 3 is 2.60 bits per heavy atom. The molecule has 152 valence electrons. The number of aromatic carboxylic acids is 1. The van der Waals surface area contributed by atoms with Gasteiger partial charge in [-0.15, -0.1) is 0 Å². The quantitative estimate of drug-likeness (QED) is 0.407. The lowest BCUT2D eigenvalue weighted by Gasteiger charge is -2.14. The molecule has 0 saturated carbocycles. The largest absolute Gasteiger partial charge is 0.488 e.